The standard InChI is InChI=1S/C11H10N4S/c1-2-14-11(16)15-10-4-3-8(6-12)9(5-10)7-13/h3-5H,2H2,1H3,(H2,14,15,16). The lowest BCUT2D eigenvalue weighted by Crippen LogP contribution is -2.27. The quantitative estimate of drug-likeness (QED) is 0.757. The van der Waals surface area contributed by atoms with E-state index in [1.807, 2.05) is 19.1 Å². The molecule has 4 nitrogen and oxygen atoms in total. The van der Waals surface area contributed by atoms with Gasteiger partial charge in [0.05, 0.1) is 11.1 Å². The Labute approximate surface area is 99.5 Å². The molecule has 0 saturated carbocycles. The summed E-state index contributed by atoms with van der Waals surface area (Å²) in [7, 11) is 0. The van der Waals surface area contributed by atoms with E-state index in [0.717, 1.165) is 6.54 Å². The lowest BCUT2D eigenvalue weighted by molar-refractivity contribution is 0.979. The summed E-state index contributed by atoms with van der Waals surface area (Å²) in [5.41, 5.74) is 1.40. The number of hydrogen-bond acceptors (Lipinski definition) is 3. The average molecular weight is 230 g/mol. The fourth-order valence-corrected chi connectivity index (χ4v) is 1.41. The van der Waals surface area contributed by atoms with Gasteiger partial charge in [-0.15, -0.1) is 0 Å². The number of anilines is 1. The molecule has 0 atom stereocenters. The van der Waals surface area contributed by atoms with Crippen LogP contribution in [0.25, 0.3) is 0 Å². The Morgan fingerprint density at radius 3 is 2.56 bits per heavy atom. The van der Waals surface area contributed by atoms with E-state index in [4.69, 9.17) is 22.7 Å². The van der Waals surface area contributed by atoms with Crippen molar-refractivity contribution in [2.24, 2.45) is 0 Å². The van der Waals surface area contributed by atoms with Crippen LogP contribution in [-0.2, 0) is 0 Å². The molecule has 1 rings (SSSR count). The van der Waals surface area contributed by atoms with Gasteiger partial charge in [0.2, 0.25) is 0 Å². The Morgan fingerprint density at radius 2 is 2.00 bits per heavy atom. The van der Waals surface area contributed by atoms with Gasteiger partial charge in [0.15, 0.2) is 5.11 Å². The largest absolute Gasteiger partial charge is 0.363 e. The van der Waals surface area contributed by atoms with Crippen LogP contribution < -0.4 is 10.6 Å². The minimum atomic E-state index is 0.340. The summed E-state index contributed by atoms with van der Waals surface area (Å²) in [6.45, 7) is 2.67. The molecule has 0 radical (unpaired) electrons. The topological polar surface area (TPSA) is 71.6 Å². The Balaban J connectivity index is 2.89. The second-order valence-electron chi connectivity index (χ2n) is 2.97. The van der Waals surface area contributed by atoms with E-state index >= 15 is 0 Å². The minimum absolute atomic E-state index is 0.340. The Bertz CT molecular complexity index is 482. The molecular weight excluding hydrogens is 220 g/mol. The monoisotopic (exact) mass is 230 g/mol. The van der Waals surface area contributed by atoms with Gasteiger partial charge in [-0.2, -0.15) is 10.5 Å². The zero-order valence-corrected chi connectivity index (χ0v) is 9.56. The van der Waals surface area contributed by atoms with Crippen LogP contribution in [-0.4, -0.2) is 11.7 Å². The summed E-state index contributed by atoms with van der Waals surface area (Å²) >= 11 is 5.01. The van der Waals surface area contributed by atoms with Crippen molar-refractivity contribution < 1.29 is 0 Å². The van der Waals surface area contributed by atoms with Gasteiger partial charge < -0.3 is 10.6 Å². The predicted octanol–water partition coefficient (Wildman–Crippen LogP) is 1.74. The number of nitrogens with zero attached hydrogens (tertiary/aromatic N) is 2. The van der Waals surface area contributed by atoms with Crippen molar-refractivity contribution in [2.45, 2.75) is 6.92 Å². The van der Waals surface area contributed by atoms with Crippen LogP contribution in [0, 0.1) is 22.7 Å². The van der Waals surface area contributed by atoms with E-state index in [1.54, 1.807) is 18.2 Å². The minimum Gasteiger partial charge on any atom is -0.363 e. The van der Waals surface area contributed by atoms with Gasteiger partial charge in [-0.25, -0.2) is 0 Å². The van der Waals surface area contributed by atoms with E-state index in [2.05, 4.69) is 10.6 Å². The van der Waals surface area contributed by atoms with Crippen LogP contribution in [0.4, 0.5) is 5.69 Å². The summed E-state index contributed by atoms with van der Waals surface area (Å²) < 4.78 is 0. The molecule has 1 aromatic rings. The van der Waals surface area contributed by atoms with Crippen LogP contribution in [0.2, 0.25) is 0 Å². The zero-order valence-electron chi connectivity index (χ0n) is 8.74. The van der Waals surface area contributed by atoms with Gasteiger partial charge in [0.1, 0.15) is 12.1 Å². The summed E-state index contributed by atoms with van der Waals surface area (Å²) in [5.74, 6) is 0. The van der Waals surface area contributed by atoms with Crippen molar-refractivity contribution in [1.82, 2.24) is 5.32 Å². The molecule has 0 aliphatic carbocycles. The molecule has 0 fully saturated rings. The zero-order chi connectivity index (χ0) is 12.0. The molecular formula is C11H10N4S. The molecule has 0 aromatic heterocycles. The SMILES string of the molecule is CCNC(=S)Nc1ccc(C#N)c(C#N)c1. The van der Waals surface area contributed by atoms with Gasteiger partial charge in [0, 0.05) is 12.2 Å². The first-order chi connectivity index (χ1) is 7.71. The number of hydrogen-bond donors (Lipinski definition) is 2. The van der Waals surface area contributed by atoms with Crippen LogP contribution in [0.1, 0.15) is 18.1 Å². The van der Waals surface area contributed by atoms with E-state index < -0.39 is 0 Å². The first-order valence-corrected chi connectivity index (χ1v) is 5.11. The van der Waals surface area contributed by atoms with Gasteiger partial charge in [-0.3, -0.25) is 0 Å². The molecule has 0 heterocycles. The molecule has 16 heavy (non-hydrogen) atoms. The first-order valence-electron chi connectivity index (χ1n) is 4.70. The highest BCUT2D eigenvalue weighted by atomic mass is 32.1. The van der Waals surface area contributed by atoms with Crippen LogP contribution in [0.15, 0.2) is 18.2 Å². The highest BCUT2D eigenvalue weighted by Crippen LogP contribution is 2.14. The maximum absolute atomic E-state index is 8.83. The normalized spacial score (nSPS) is 8.69. The van der Waals surface area contributed by atoms with E-state index in [1.165, 1.54) is 0 Å². The highest BCUT2D eigenvalue weighted by molar-refractivity contribution is 7.80. The lowest BCUT2D eigenvalue weighted by Gasteiger charge is -2.08. The van der Waals surface area contributed by atoms with Crippen molar-refractivity contribution in [1.29, 1.82) is 10.5 Å². The summed E-state index contributed by atoms with van der Waals surface area (Å²) in [6, 6.07) is 8.82. The molecule has 0 unspecified atom stereocenters. The predicted molar refractivity (Wildman–Crippen MR) is 65.8 cm³/mol. The van der Waals surface area contributed by atoms with E-state index in [9.17, 15) is 0 Å². The van der Waals surface area contributed by atoms with Gasteiger partial charge in [-0.05, 0) is 37.3 Å². The summed E-state index contributed by atoms with van der Waals surface area (Å²) in [6.07, 6.45) is 0. The fraction of sp³-hybridized carbons (Fsp3) is 0.182. The molecule has 0 bridgehead atoms. The lowest BCUT2D eigenvalue weighted by atomic mass is 10.1. The van der Waals surface area contributed by atoms with Crippen LogP contribution >= 0.6 is 12.2 Å². The third kappa shape index (κ3) is 2.94. The summed E-state index contributed by atoms with van der Waals surface area (Å²) in [4.78, 5) is 0. The first kappa shape index (κ1) is 12.0. The van der Waals surface area contributed by atoms with Gasteiger partial charge >= 0.3 is 0 Å². The summed E-state index contributed by atoms with van der Waals surface area (Å²) in [5, 5.41) is 23.9. The fourth-order valence-electron chi connectivity index (χ4n) is 1.15. The van der Waals surface area contributed by atoms with Gasteiger partial charge in [-0.1, -0.05) is 0 Å². The molecule has 0 aliphatic rings. The van der Waals surface area contributed by atoms with Crippen LogP contribution in [0.3, 0.4) is 0 Å². The van der Waals surface area contributed by atoms with Crippen molar-refractivity contribution >= 4 is 23.0 Å². The maximum atomic E-state index is 8.83. The molecule has 0 amide bonds. The Kier molecular flexibility index (Phi) is 4.26. The van der Waals surface area contributed by atoms with Gasteiger partial charge in [0.25, 0.3) is 0 Å². The van der Waals surface area contributed by atoms with Crippen molar-refractivity contribution in [2.75, 3.05) is 11.9 Å². The van der Waals surface area contributed by atoms with E-state index in [-0.39, 0.29) is 0 Å². The molecule has 80 valence electrons. The second-order valence-corrected chi connectivity index (χ2v) is 3.38. The van der Waals surface area contributed by atoms with Crippen molar-refractivity contribution in [3.63, 3.8) is 0 Å². The average Bonchev–Trinajstić information content (AvgIpc) is 2.29. The molecule has 2 N–H and O–H groups in total. The molecule has 0 aliphatic heterocycles. The Hall–Kier alpha value is -2.11. The smallest absolute Gasteiger partial charge is 0.170 e. The number of benzene rings is 1. The second kappa shape index (κ2) is 5.69. The number of rotatable bonds is 2. The van der Waals surface area contributed by atoms with Crippen molar-refractivity contribution in [3.8, 4) is 12.1 Å². The number of nitrogens with one attached hydrogen (secondary N) is 2. The third-order valence-electron chi connectivity index (χ3n) is 1.86. The van der Waals surface area contributed by atoms with Crippen molar-refractivity contribution in [3.05, 3.63) is 29.3 Å². The molecule has 0 spiro atoms. The molecule has 1 aromatic carbocycles. The Morgan fingerprint density at radius 1 is 1.31 bits per heavy atom. The third-order valence-corrected chi connectivity index (χ3v) is 2.10. The number of nitriles is 2. The van der Waals surface area contributed by atoms with E-state index in [0.29, 0.717) is 21.9 Å². The number of thiocarbonyl (C=S) groups is 1. The molecule has 0 saturated heterocycles. The highest BCUT2D eigenvalue weighted by Gasteiger charge is 2.03. The maximum Gasteiger partial charge on any atom is 0.170 e. The molecule has 5 heteroatoms. The van der Waals surface area contributed by atoms with Crippen LogP contribution in [0.5, 0.6) is 0 Å².